The topological polar surface area (TPSA) is 136 Å². The average Bonchev–Trinajstić information content (AvgIpc) is 3.19. The summed E-state index contributed by atoms with van der Waals surface area (Å²) in [5.41, 5.74) is 6.57. The van der Waals surface area contributed by atoms with Crippen LogP contribution in [-0.2, 0) is 21.0 Å². The van der Waals surface area contributed by atoms with Gasteiger partial charge in [0.05, 0.1) is 16.7 Å². The second kappa shape index (κ2) is 8.75. The molecule has 1 aliphatic rings. The number of amides is 1. The fourth-order valence-corrected chi connectivity index (χ4v) is 3.74. The zero-order valence-corrected chi connectivity index (χ0v) is 17.3. The number of aryl methyl sites for hydroxylation is 1. The van der Waals surface area contributed by atoms with Crippen LogP contribution in [0.25, 0.3) is 0 Å². The van der Waals surface area contributed by atoms with Gasteiger partial charge in [-0.25, -0.2) is 18.4 Å². The van der Waals surface area contributed by atoms with E-state index in [1.165, 1.54) is 12.1 Å². The van der Waals surface area contributed by atoms with Crippen molar-refractivity contribution in [1.29, 1.82) is 0 Å². The molecule has 4 N–H and O–H groups in total. The Kier molecular flexibility index (Phi) is 6.33. The molecule has 156 valence electrons. The minimum absolute atomic E-state index is 0.00530. The molecule has 2 aromatic rings. The van der Waals surface area contributed by atoms with E-state index in [2.05, 4.69) is 20.6 Å². The minimum atomic E-state index is -3.37. The van der Waals surface area contributed by atoms with Gasteiger partial charge in [-0.05, 0) is 37.5 Å². The van der Waals surface area contributed by atoms with Crippen LogP contribution in [-0.4, -0.2) is 49.8 Å². The Hall–Kier alpha value is -2.72. The van der Waals surface area contributed by atoms with E-state index in [1.807, 2.05) is 6.92 Å². The van der Waals surface area contributed by atoms with E-state index >= 15 is 0 Å². The first kappa shape index (κ1) is 21.0. The molecule has 29 heavy (non-hydrogen) atoms. The van der Waals surface area contributed by atoms with Gasteiger partial charge in [0.1, 0.15) is 5.82 Å². The monoisotopic (exact) mass is 419 g/mol. The number of aromatic nitrogens is 2. The highest BCUT2D eigenvalue weighted by atomic mass is 32.2. The van der Waals surface area contributed by atoms with Gasteiger partial charge in [-0.1, -0.05) is 13.0 Å². The second-order valence-corrected chi connectivity index (χ2v) is 8.89. The molecule has 3 rings (SSSR count). The standard InChI is InChI=1S/C19H25N5O4S/c1-3-15-18(21-11-13-7-5-9-28-13)24-19(16(23-15)17(20)25)22-12-6-4-8-14(10-12)29(2,26)27/h4,6,8,10,13H,3,5,7,9,11H2,1-2H3,(H2,20,25)(H2,21,22,24)/t13-/m1/s1. The van der Waals surface area contributed by atoms with Gasteiger partial charge in [0.25, 0.3) is 5.91 Å². The Morgan fingerprint density at radius 3 is 2.72 bits per heavy atom. The summed E-state index contributed by atoms with van der Waals surface area (Å²) in [6.07, 6.45) is 3.81. The van der Waals surface area contributed by atoms with Crippen molar-refractivity contribution in [1.82, 2.24) is 9.97 Å². The highest BCUT2D eigenvalue weighted by Crippen LogP contribution is 2.24. The first-order chi connectivity index (χ1) is 13.8. The number of nitrogens with zero attached hydrogens (tertiary/aromatic N) is 2. The van der Waals surface area contributed by atoms with Crippen molar-refractivity contribution in [3.63, 3.8) is 0 Å². The minimum Gasteiger partial charge on any atom is -0.376 e. The van der Waals surface area contributed by atoms with Crippen molar-refractivity contribution in [3.8, 4) is 0 Å². The van der Waals surface area contributed by atoms with Crippen molar-refractivity contribution < 1.29 is 17.9 Å². The molecule has 0 aliphatic carbocycles. The maximum Gasteiger partial charge on any atom is 0.271 e. The van der Waals surface area contributed by atoms with Crippen LogP contribution in [0, 0.1) is 0 Å². The maximum absolute atomic E-state index is 11.9. The Morgan fingerprint density at radius 1 is 1.31 bits per heavy atom. The number of sulfone groups is 1. The van der Waals surface area contributed by atoms with Crippen LogP contribution in [0.1, 0.15) is 35.9 Å². The lowest BCUT2D eigenvalue weighted by atomic mass is 10.2. The molecule has 0 saturated carbocycles. The van der Waals surface area contributed by atoms with E-state index in [0.29, 0.717) is 30.2 Å². The summed E-state index contributed by atoms with van der Waals surface area (Å²) in [6, 6.07) is 6.24. The number of anilines is 3. The van der Waals surface area contributed by atoms with E-state index < -0.39 is 15.7 Å². The largest absolute Gasteiger partial charge is 0.376 e. The third-order valence-corrected chi connectivity index (χ3v) is 5.69. The molecule has 0 unspecified atom stereocenters. The van der Waals surface area contributed by atoms with Crippen molar-refractivity contribution in [2.75, 3.05) is 30.0 Å². The molecule has 1 aliphatic heterocycles. The Balaban J connectivity index is 1.93. The molecular formula is C19H25N5O4S. The predicted molar refractivity (Wildman–Crippen MR) is 110 cm³/mol. The van der Waals surface area contributed by atoms with Gasteiger partial charge in [-0.3, -0.25) is 4.79 Å². The summed E-state index contributed by atoms with van der Waals surface area (Å²) in [4.78, 5) is 21.0. The molecule has 10 heteroatoms. The molecule has 1 atom stereocenters. The van der Waals surface area contributed by atoms with E-state index in [0.717, 1.165) is 25.7 Å². The van der Waals surface area contributed by atoms with Gasteiger partial charge in [0, 0.05) is 25.1 Å². The molecule has 1 aromatic carbocycles. The molecule has 2 heterocycles. The number of ether oxygens (including phenoxy) is 1. The van der Waals surface area contributed by atoms with Crippen LogP contribution in [0.2, 0.25) is 0 Å². The number of carbonyl (C=O) groups is 1. The van der Waals surface area contributed by atoms with Crippen molar-refractivity contribution >= 4 is 33.1 Å². The highest BCUT2D eigenvalue weighted by Gasteiger charge is 2.20. The molecule has 9 nitrogen and oxygen atoms in total. The first-order valence-electron chi connectivity index (χ1n) is 9.41. The van der Waals surface area contributed by atoms with Crippen molar-refractivity contribution in [2.24, 2.45) is 5.73 Å². The zero-order chi connectivity index (χ0) is 21.0. The number of benzene rings is 1. The van der Waals surface area contributed by atoms with Crippen LogP contribution < -0.4 is 16.4 Å². The number of nitrogens with one attached hydrogen (secondary N) is 2. The van der Waals surface area contributed by atoms with Gasteiger partial charge in [-0.2, -0.15) is 0 Å². The van der Waals surface area contributed by atoms with E-state index in [9.17, 15) is 13.2 Å². The Labute approximate surface area is 170 Å². The van der Waals surface area contributed by atoms with Crippen LogP contribution in [0.3, 0.4) is 0 Å². The summed E-state index contributed by atoms with van der Waals surface area (Å²) in [5, 5.41) is 6.22. The van der Waals surface area contributed by atoms with Gasteiger partial charge < -0.3 is 21.1 Å². The number of hydrogen-bond donors (Lipinski definition) is 3. The number of hydrogen-bond acceptors (Lipinski definition) is 8. The number of nitrogens with two attached hydrogens (primary N) is 1. The molecule has 1 saturated heterocycles. The molecule has 1 aromatic heterocycles. The average molecular weight is 420 g/mol. The quantitative estimate of drug-likeness (QED) is 0.590. The molecule has 1 fully saturated rings. The molecule has 0 bridgehead atoms. The summed E-state index contributed by atoms with van der Waals surface area (Å²) < 4.78 is 29.2. The van der Waals surface area contributed by atoms with Gasteiger partial charge in [-0.15, -0.1) is 0 Å². The zero-order valence-electron chi connectivity index (χ0n) is 16.4. The van der Waals surface area contributed by atoms with Crippen LogP contribution in [0.4, 0.5) is 17.3 Å². The summed E-state index contributed by atoms with van der Waals surface area (Å²) in [6.45, 7) is 3.25. The summed E-state index contributed by atoms with van der Waals surface area (Å²) in [5.74, 6) is -0.0235. The molecular weight excluding hydrogens is 394 g/mol. The van der Waals surface area contributed by atoms with Gasteiger partial charge >= 0.3 is 0 Å². The lowest BCUT2D eigenvalue weighted by Crippen LogP contribution is -2.23. The SMILES string of the molecule is CCc1nc(C(N)=O)c(Nc2cccc(S(C)(=O)=O)c2)nc1NC[C@H]1CCCO1. The number of primary amides is 1. The normalized spacial score (nSPS) is 16.6. The second-order valence-electron chi connectivity index (χ2n) is 6.87. The predicted octanol–water partition coefficient (Wildman–Crippen LogP) is 1.88. The van der Waals surface area contributed by atoms with Gasteiger partial charge in [0.2, 0.25) is 0 Å². The third kappa shape index (κ3) is 5.21. The van der Waals surface area contributed by atoms with E-state index in [-0.39, 0.29) is 22.5 Å². The van der Waals surface area contributed by atoms with Crippen LogP contribution in [0.15, 0.2) is 29.2 Å². The third-order valence-electron chi connectivity index (χ3n) is 4.58. The number of rotatable bonds is 8. The fraction of sp³-hybridized carbons (Fsp3) is 0.421. The first-order valence-corrected chi connectivity index (χ1v) is 11.3. The lowest BCUT2D eigenvalue weighted by molar-refractivity contribution is 0.0996. The van der Waals surface area contributed by atoms with E-state index in [4.69, 9.17) is 10.5 Å². The van der Waals surface area contributed by atoms with Crippen molar-refractivity contribution in [2.45, 2.75) is 37.2 Å². The molecule has 1 amide bonds. The Morgan fingerprint density at radius 2 is 2.10 bits per heavy atom. The summed E-state index contributed by atoms with van der Waals surface area (Å²) in [7, 11) is -3.37. The molecule has 0 radical (unpaired) electrons. The fourth-order valence-electron chi connectivity index (χ4n) is 3.07. The Bertz CT molecular complexity index is 1000. The lowest BCUT2D eigenvalue weighted by Gasteiger charge is -2.17. The van der Waals surface area contributed by atoms with Crippen LogP contribution in [0.5, 0.6) is 0 Å². The maximum atomic E-state index is 11.9. The van der Waals surface area contributed by atoms with E-state index in [1.54, 1.807) is 12.1 Å². The van der Waals surface area contributed by atoms with Crippen molar-refractivity contribution in [3.05, 3.63) is 35.7 Å². The van der Waals surface area contributed by atoms with Crippen LogP contribution >= 0.6 is 0 Å². The highest BCUT2D eigenvalue weighted by molar-refractivity contribution is 7.90. The van der Waals surface area contributed by atoms with Gasteiger partial charge in [0.15, 0.2) is 21.3 Å². The number of carbonyl (C=O) groups excluding carboxylic acids is 1. The molecule has 0 spiro atoms. The summed E-state index contributed by atoms with van der Waals surface area (Å²) >= 11 is 0. The smallest absolute Gasteiger partial charge is 0.271 e.